The summed E-state index contributed by atoms with van der Waals surface area (Å²) in [6, 6.07) is 14.7. The van der Waals surface area contributed by atoms with Crippen LogP contribution in [0.5, 0.6) is 0 Å². The number of hydrogen-bond donors (Lipinski definition) is 2. The van der Waals surface area contributed by atoms with Crippen molar-refractivity contribution in [3.63, 3.8) is 0 Å². The number of piperidine rings is 1. The Morgan fingerprint density at radius 3 is 2.53 bits per heavy atom. The normalized spacial score (nSPS) is 19.8. The Labute approximate surface area is 177 Å². The Morgan fingerprint density at radius 1 is 1.07 bits per heavy atom. The van der Waals surface area contributed by atoms with Gasteiger partial charge in [0.1, 0.15) is 5.82 Å². The first-order valence-electron chi connectivity index (χ1n) is 10.9. The lowest BCUT2D eigenvalue weighted by molar-refractivity contribution is 0.0950. The average Bonchev–Trinajstić information content (AvgIpc) is 3.31. The Bertz CT molecular complexity index is 829. The van der Waals surface area contributed by atoms with E-state index in [0.29, 0.717) is 23.3 Å². The molecule has 0 bridgehead atoms. The molecule has 2 aromatic rings. The van der Waals surface area contributed by atoms with Crippen LogP contribution in [0.3, 0.4) is 0 Å². The fraction of sp³-hybridized carbons (Fsp3) is 0.458. The van der Waals surface area contributed by atoms with E-state index in [4.69, 9.17) is 4.74 Å². The molecule has 0 spiro atoms. The number of anilines is 1. The van der Waals surface area contributed by atoms with Crippen molar-refractivity contribution in [1.29, 1.82) is 0 Å². The van der Waals surface area contributed by atoms with Crippen molar-refractivity contribution in [3.05, 3.63) is 65.5 Å². The van der Waals surface area contributed by atoms with Crippen LogP contribution < -0.4 is 15.5 Å². The summed E-state index contributed by atoms with van der Waals surface area (Å²) in [7, 11) is 0. The molecule has 160 valence electrons. The van der Waals surface area contributed by atoms with E-state index in [0.717, 1.165) is 44.8 Å². The number of nitrogens with one attached hydrogen (secondary N) is 2. The molecular weight excluding hydrogens is 381 g/mol. The molecule has 2 aromatic carbocycles. The molecule has 0 saturated carbocycles. The minimum Gasteiger partial charge on any atom is -0.377 e. The summed E-state index contributed by atoms with van der Waals surface area (Å²) in [5.74, 6) is -0.497. The van der Waals surface area contributed by atoms with E-state index in [9.17, 15) is 9.18 Å². The number of amides is 1. The quantitative estimate of drug-likeness (QED) is 0.732. The molecule has 5 nitrogen and oxygen atoms in total. The monoisotopic (exact) mass is 411 g/mol. The number of nitrogens with zero attached hydrogens (tertiary/aromatic N) is 1. The molecule has 1 atom stereocenters. The second-order valence-corrected chi connectivity index (χ2v) is 8.13. The van der Waals surface area contributed by atoms with Crippen LogP contribution in [0.1, 0.15) is 41.6 Å². The van der Waals surface area contributed by atoms with Crippen molar-refractivity contribution in [2.75, 3.05) is 31.1 Å². The molecule has 1 unspecified atom stereocenters. The Hall–Kier alpha value is -2.44. The van der Waals surface area contributed by atoms with E-state index in [2.05, 4.69) is 15.5 Å². The SMILES string of the molecule is O=C(NCc1ccccc1F)c1ccc(N2CCC(NCC3CCCO3)CC2)cc1. The molecule has 6 heteroatoms. The third-order valence-electron chi connectivity index (χ3n) is 6.05. The highest BCUT2D eigenvalue weighted by molar-refractivity contribution is 5.94. The number of ether oxygens (including phenoxy) is 1. The average molecular weight is 412 g/mol. The van der Waals surface area contributed by atoms with E-state index < -0.39 is 0 Å². The third-order valence-corrected chi connectivity index (χ3v) is 6.05. The highest BCUT2D eigenvalue weighted by atomic mass is 19.1. The summed E-state index contributed by atoms with van der Waals surface area (Å²) >= 11 is 0. The Balaban J connectivity index is 1.23. The number of halogens is 1. The van der Waals surface area contributed by atoms with Gasteiger partial charge in [-0.15, -0.1) is 0 Å². The number of carbonyl (C=O) groups is 1. The Morgan fingerprint density at radius 2 is 1.83 bits per heavy atom. The highest BCUT2D eigenvalue weighted by Crippen LogP contribution is 2.21. The molecule has 4 rings (SSSR count). The van der Waals surface area contributed by atoms with Gasteiger partial charge in [0.2, 0.25) is 0 Å². The lowest BCUT2D eigenvalue weighted by atomic mass is 10.0. The summed E-state index contributed by atoms with van der Waals surface area (Å²) in [4.78, 5) is 14.7. The van der Waals surface area contributed by atoms with Crippen molar-refractivity contribution in [2.24, 2.45) is 0 Å². The van der Waals surface area contributed by atoms with Gasteiger partial charge in [0.05, 0.1) is 6.10 Å². The molecule has 2 heterocycles. The lowest BCUT2D eigenvalue weighted by Gasteiger charge is -2.34. The second-order valence-electron chi connectivity index (χ2n) is 8.13. The predicted octanol–water partition coefficient (Wildman–Crippen LogP) is 3.49. The fourth-order valence-corrected chi connectivity index (χ4v) is 4.19. The number of rotatable bonds is 7. The largest absolute Gasteiger partial charge is 0.377 e. The van der Waals surface area contributed by atoms with Gasteiger partial charge in [0.15, 0.2) is 0 Å². The third kappa shape index (κ3) is 5.37. The van der Waals surface area contributed by atoms with Gasteiger partial charge in [-0.1, -0.05) is 18.2 Å². The molecule has 2 aliphatic heterocycles. The molecule has 2 aliphatic rings. The maximum absolute atomic E-state index is 13.7. The van der Waals surface area contributed by atoms with Crippen LogP contribution in [0.25, 0.3) is 0 Å². The van der Waals surface area contributed by atoms with E-state index in [1.54, 1.807) is 18.2 Å². The van der Waals surface area contributed by atoms with Crippen LogP contribution in [0.15, 0.2) is 48.5 Å². The second kappa shape index (κ2) is 10.0. The minimum absolute atomic E-state index is 0.180. The minimum atomic E-state index is -0.304. The van der Waals surface area contributed by atoms with Gasteiger partial charge in [-0.3, -0.25) is 4.79 Å². The van der Waals surface area contributed by atoms with Crippen LogP contribution in [-0.2, 0) is 11.3 Å². The van der Waals surface area contributed by atoms with Gasteiger partial charge in [0.25, 0.3) is 5.91 Å². The van der Waals surface area contributed by atoms with Crippen molar-refractivity contribution in [2.45, 2.75) is 44.4 Å². The first kappa shape index (κ1) is 20.8. The Kier molecular flexibility index (Phi) is 6.97. The van der Waals surface area contributed by atoms with Crippen LogP contribution in [0.4, 0.5) is 10.1 Å². The molecule has 1 amide bonds. The highest BCUT2D eigenvalue weighted by Gasteiger charge is 2.22. The summed E-state index contributed by atoms with van der Waals surface area (Å²) in [5, 5.41) is 6.45. The van der Waals surface area contributed by atoms with Crippen LogP contribution in [0.2, 0.25) is 0 Å². The van der Waals surface area contributed by atoms with Crippen molar-refractivity contribution in [3.8, 4) is 0 Å². The number of carbonyl (C=O) groups excluding carboxylic acids is 1. The molecule has 2 N–H and O–H groups in total. The first-order valence-corrected chi connectivity index (χ1v) is 10.9. The maximum atomic E-state index is 13.7. The summed E-state index contributed by atoms with van der Waals surface area (Å²) in [5.41, 5.74) is 2.21. The van der Waals surface area contributed by atoms with Gasteiger partial charge in [-0.25, -0.2) is 4.39 Å². The zero-order valence-corrected chi connectivity index (χ0v) is 17.3. The summed E-state index contributed by atoms with van der Waals surface area (Å²) in [6.07, 6.45) is 4.96. The maximum Gasteiger partial charge on any atom is 0.251 e. The molecule has 0 radical (unpaired) electrons. The van der Waals surface area contributed by atoms with Crippen molar-refractivity contribution in [1.82, 2.24) is 10.6 Å². The smallest absolute Gasteiger partial charge is 0.251 e. The van der Waals surface area contributed by atoms with E-state index in [1.165, 1.54) is 18.9 Å². The van der Waals surface area contributed by atoms with Crippen LogP contribution >= 0.6 is 0 Å². The molecule has 30 heavy (non-hydrogen) atoms. The van der Waals surface area contributed by atoms with Crippen molar-refractivity contribution >= 4 is 11.6 Å². The van der Waals surface area contributed by atoms with Gasteiger partial charge >= 0.3 is 0 Å². The molecular formula is C24H30FN3O2. The van der Waals surface area contributed by atoms with E-state index in [1.807, 2.05) is 24.3 Å². The molecule has 0 aliphatic carbocycles. The molecule has 2 saturated heterocycles. The van der Waals surface area contributed by atoms with Gasteiger partial charge in [-0.05, 0) is 56.0 Å². The first-order chi connectivity index (χ1) is 14.7. The predicted molar refractivity (Wildman–Crippen MR) is 116 cm³/mol. The van der Waals surface area contributed by atoms with Gasteiger partial charge in [0, 0.05) is 55.6 Å². The van der Waals surface area contributed by atoms with E-state index >= 15 is 0 Å². The topological polar surface area (TPSA) is 53.6 Å². The zero-order chi connectivity index (χ0) is 20.8. The summed E-state index contributed by atoms with van der Waals surface area (Å²) < 4.78 is 19.4. The lowest BCUT2D eigenvalue weighted by Crippen LogP contribution is -2.44. The van der Waals surface area contributed by atoms with Crippen molar-refractivity contribution < 1.29 is 13.9 Å². The fourth-order valence-electron chi connectivity index (χ4n) is 4.19. The van der Waals surface area contributed by atoms with E-state index in [-0.39, 0.29) is 18.3 Å². The summed E-state index contributed by atoms with van der Waals surface area (Å²) in [6.45, 7) is 4.05. The van der Waals surface area contributed by atoms with Gasteiger partial charge < -0.3 is 20.3 Å². The standard InChI is InChI=1S/C24H30FN3O2/c25-23-6-2-1-4-19(23)16-27-24(29)18-7-9-21(10-8-18)28-13-11-20(12-14-28)26-17-22-5-3-15-30-22/h1-2,4,6-10,20,22,26H,3,5,11-17H2,(H,27,29). The number of hydrogen-bond acceptors (Lipinski definition) is 4. The van der Waals surface area contributed by atoms with Crippen LogP contribution in [-0.4, -0.2) is 44.3 Å². The van der Waals surface area contributed by atoms with Crippen LogP contribution in [0, 0.1) is 5.82 Å². The number of benzene rings is 2. The van der Waals surface area contributed by atoms with Gasteiger partial charge in [-0.2, -0.15) is 0 Å². The molecule has 2 fully saturated rings. The molecule has 0 aromatic heterocycles. The zero-order valence-electron chi connectivity index (χ0n) is 17.3.